The van der Waals surface area contributed by atoms with E-state index in [2.05, 4.69) is 20.7 Å². The zero-order valence-corrected chi connectivity index (χ0v) is 9.47. The first-order valence-electron chi connectivity index (χ1n) is 4.04. The summed E-state index contributed by atoms with van der Waals surface area (Å²) in [5.41, 5.74) is 0.180. The second kappa shape index (κ2) is 4.89. The van der Waals surface area contributed by atoms with Crippen LogP contribution in [0.4, 0.5) is 4.39 Å². The number of hydrogen-bond acceptors (Lipinski definition) is 3. The van der Waals surface area contributed by atoms with Gasteiger partial charge in [-0.05, 0) is 28.1 Å². The fourth-order valence-electron chi connectivity index (χ4n) is 1.10. The maximum absolute atomic E-state index is 13.3. The van der Waals surface area contributed by atoms with Crippen LogP contribution in [0, 0.1) is 17.1 Å². The summed E-state index contributed by atoms with van der Waals surface area (Å²) in [4.78, 5) is 11.0. The van der Waals surface area contributed by atoms with E-state index in [1.165, 1.54) is 19.2 Å². The first-order valence-corrected chi connectivity index (χ1v) is 4.83. The van der Waals surface area contributed by atoms with Crippen LogP contribution in [0.15, 0.2) is 16.6 Å². The van der Waals surface area contributed by atoms with Gasteiger partial charge in [-0.2, -0.15) is 5.26 Å². The lowest BCUT2D eigenvalue weighted by Crippen LogP contribution is -2.08. The van der Waals surface area contributed by atoms with E-state index in [-0.39, 0.29) is 17.5 Å². The van der Waals surface area contributed by atoms with E-state index in [1.807, 2.05) is 6.07 Å². The highest BCUT2D eigenvalue weighted by Crippen LogP contribution is 2.23. The molecule has 0 bridgehead atoms. The molecule has 0 unspecified atom stereocenters. The third-order valence-electron chi connectivity index (χ3n) is 1.87. The molecule has 0 amide bonds. The smallest absolute Gasteiger partial charge is 0.310 e. The molecule has 0 fully saturated rings. The van der Waals surface area contributed by atoms with Gasteiger partial charge in [-0.25, -0.2) is 4.39 Å². The van der Waals surface area contributed by atoms with E-state index in [9.17, 15) is 9.18 Å². The van der Waals surface area contributed by atoms with Crippen LogP contribution in [0.5, 0.6) is 0 Å². The normalized spacial score (nSPS) is 9.47. The van der Waals surface area contributed by atoms with Gasteiger partial charge in [0.2, 0.25) is 0 Å². The molecule has 1 aromatic carbocycles. The van der Waals surface area contributed by atoms with Gasteiger partial charge in [0, 0.05) is 10.0 Å². The van der Waals surface area contributed by atoms with Crippen LogP contribution in [0.1, 0.15) is 11.1 Å². The molecule has 1 rings (SSSR count). The average molecular weight is 272 g/mol. The summed E-state index contributed by atoms with van der Waals surface area (Å²) < 4.78 is 18.2. The Kier molecular flexibility index (Phi) is 3.81. The fourth-order valence-corrected chi connectivity index (χ4v) is 1.56. The number of esters is 1. The Bertz CT molecular complexity index is 440. The van der Waals surface area contributed by atoms with Crippen molar-refractivity contribution in [2.45, 2.75) is 6.42 Å². The number of rotatable bonds is 2. The van der Waals surface area contributed by atoms with Crippen LogP contribution < -0.4 is 0 Å². The molecular weight excluding hydrogens is 265 g/mol. The summed E-state index contributed by atoms with van der Waals surface area (Å²) >= 11 is 3.11. The minimum absolute atomic E-state index is 0.0544. The van der Waals surface area contributed by atoms with Gasteiger partial charge in [-0.15, -0.1) is 0 Å². The summed E-state index contributed by atoms with van der Waals surface area (Å²) in [5.74, 6) is -1.16. The lowest BCUT2D eigenvalue weighted by atomic mass is 10.1. The Labute approximate surface area is 94.6 Å². The maximum Gasteiger partial charge on any atom is 0.310 e. The third-order valence-corrected chi connectivity index (χ3v) is 2.53. The zero-order chi connectivity index (χ0) is 11.4. The van der Waals surface area contributed by atoms with Crippen LogP contribution in [0.25, 0.3) is 0 Å². The van der Waals surface area contributed by atoms with Crippen molar-refractivity contribution in [3.05, 3.63) is 33.5 Å². The SMILES string of the molecule is COC(=O)Cc1c(F)ccc(Br)c1C#N. The molecule has 0 aliphatic carbocycles. The van der Waals surface area contributed by atoms with Crippen molar-refractivity contribution in [1.29, 1.82) is 5.26 Å². The predicted octanol–water partition coefficient (Wildman–Crippen LogP) is 2.18. The molecule has 15 heavy (non-hydrogen) atoms. The average Bonchev–Trinajstić information content (AvgIpc) is 2.23. The summed E-state index contributed by atoms with van der Waals surface area (Å²) in [6.07, 6.45) is -0.245. The summed E-state index contributed by atoms with van der Waals surface area (Å²) in [5, 5.41) is 8.81. The molecule has 0 atom stereocenters. The van der Waals surface area contributed by atoms with Gasteiger partial charge in [-0.1, -0.05) is 0 Å². The highest BCUT2D eigenvalue weighted by Gasteiger charge is 2.15. The molecule has 0 N–H and O–H groups in total. The van der Waals surface area contributed by atoms with Gasteiger partial charge in [0.15, 0.2) is 0 Å². The number of methoxy groups -OCH3 is 1. The Morgan fingerprint density at radius 3 is 2.87 bits per heavy atom. The van der Waals surface area contributed by atoms with Gasteiger partial charge < -0.3 is 4.74 Å². The highest BCUT2D eigenvalue weighted by molar-refractivity contribution is 9.10. The van der Waals surface area contributed by atoms with Crippen molar-refractivity contribution in [3.8, 4) is 6.07 Å². The van der Waals surface area contributed by atoms with Crippen LogP contribution >= 0.6 is 15.9 Å². The molecular formula is C10H7BrFNO2. The molecule has 0 spiro atoms. The van der Waals surface area contributed by atoms with Crippen LogP contribution in [-0.4, -0.2) is 13.1 Å². The Morgan fingerprint density at radius 2 is 2.33 bits per heavy atom. The molecule has 3 nitrogen and oxygen atoms in total. The Morgan fingerprint density at radius 1 is 1.67 bits per heavy atom. The first-order chi connectivity index (χ1) is 7.10. The number of hydrogen-bond donors (Lipinski definition) is 0. The van der Waals surface area contributed by atoms with E-state index in [0.29, 0.717) is 4.47 Å². The topological polar surface area (TPSA) is 50.1 Å². The molecule has 0 saturated carbocycles. The Balaban J connectivity index is 3.21. The van der Waals surface area contributed by atoms with Gasteiger partial charge in [0.1, 0.15) is 11.9 Å². The van der Waals surface area contributed by atoms with Crippen molar-refractivity contribution in [1.82, 2.24) is 0 Å². The van der Waals surface area contributed by atoms with Crippen molar-refractivity contribution < 1.29 is 13.9 Å². The summed E-state index contributed by atoms with van der Waals surface area (Å²) in [6, 6.07) is 4.46. The van der Waals surface area contributed by atoms with Gasteiger partial charge in [0.25, 0.3) is 0 Å². The minimum atomic E-state index is -0.583. The molecule has 78 valence electrons. The molecule has 0 aliphatic rings. The van der Waals surface area contributed by atoms with Crippen molar-refractivity contribution in [2.24, 2.45) is 0 Å². The van der Waals surface area contributed by atoms with E-state index in [1.54, 1.807) is 0 Å². The number of carbonyl (C=O) groups excluding carboxylic acids is 1. The maximum atomic E-state index is 13.3. The fraction of sp³-hybridized carbons (Fsp3) is 0.200. The molecule has 5 heteroatoms. The quantitative estimate of drug-likeness (QED) is 0.775. The first kappa shape index (κ1) is 11.7. The number of nitriles is 1. The molecule has 0 aliphatic heterocycles. The molecule has 0 aromatic heterocycles. The third kappa shape index (κ3) is 2.54. The number of ether oxygens (including phenoxy) is 1. The number of halogens is 2. The second-order valence-electron chi connectivity index (χ2n) is 2.75. The zero-order valence-electron chi connectivity index (χ0n) is 7.88. The predicted molar refractivity (Wildman–Crippen MR) is 54.5 cm³/mol. The van der Waals surface area contributed by atoms with Crippen LogP contribution in [-0.2, 0) is 16.0 Å². The lowest BCUT2D eigenvalue weighted by molar-refractivity contribution is -0.139. The standard InChI is InChI=1S/C10H7BrFNO2/c1-15-10(14)4-6-7(5-13)8(11)2-3-9(6)12/h2-3H,4H2,1H3. The largest absolute Gasteiger partial charge is 0.469 e. The number of nitrogens with zero attached hydrogens (tertiary/aromatic N) is 1. The van der Waals surface area contributed by atoms with Gasteiger partial charge >= 0.3 is 5.97 Å². The highest BCUT2D eigenvalue weighted by atomic mass is 79.9. The Hall–Kier alpha value is -1.41. The van der Waals surface area contributed by atoms with E-state index < -0.39 is 11.8 Å². The van der Waals surface area contributed by atoms with Gasteiger partial charge in [0.05, 0.1) is 19.1 Å². The van der Waals surface area contributed by atoms with E-state index in [0.717, 1.165) is 0 Å². The summed E-state index contributed by atoms with van der Waals surface area (Å²) in [6.45, 7) is 0. The molecule has 0 heterocycles. The summed E-state index contributed by atoms with van der Waals surface area (Å²) in [7, 11) is 1.21. The van der Waals surface area contributed by atoms with E-state index >= 15 is 0 Å². The van der Waals surface area contributed by atoms with Crippen molar-refractivity contribution in [2.75, 3.05) is 7.11 Å². The monoisotopic (exact) mass is 271 g/mol. The van der Waals surface area contributed by atoms with Crippen molar-refractivity contribution in [3.63, 3.8) is 0 Å². The van der Waals surface area contributed by atoms with Gasteiger partial charge in [-0.3, -0.25) is 4.79 Å². The minimum Gasteiger partial charge on any atom is -0.469 e. The lowest BCUT2D eigenvalue weighted by Gasteiger charge is -2.05. The number of carbonyl (C=O) groups is 1. The second-order valence-corrected chi connectivity index (χ2v) is 3.60. The number of benzene rings is 1. The van der Waals surface area contributed by atoms with E-state index in [4.69, 9.17) is 5.26 Å². The molecule has 1 aromatic rings. The van der Waals surface area contributed by atoms with Crippen LogP contribution in [0.2, 0.25) is 0 Å². The molecule has 0 radical (unpaired) electrons. The van der Waals surface area contributed by atoms with Crippen molar-refractivity contribution >= 4 is 21.9 Å². The van der Waals surface area contributed by atoms with Crippen LogP contribution in [0.3, 0.4) is 0 Å². The molecule has 0 saturated heterocycles.